The van der Waals surface area contributed by atoms with E-state index in [-0.39, 0.29) is 0 Å². The molecule has 0 aliphatic carbocycles. The van der Waals surface area contributed by atoms with Gasteiger partial charge in [0.15, 0.2) is 15.3 Å². The maximum absolute atomic E-state index is 6.06. The van der Waals surface area contributed by atoms with Crippen LogP contribution in [0.25, 0.3) is 21.6 Å². The molecule has 1 aromatic carbocycles. The molecule has 1 aliphatic rings. The van der Waals surface area contributed by atoms with Gasteiger partial charge in [-0.05, 0) is 30.3 Å². The van der Waals surface area contributed by atoms with Gasteiger partial charge in [-0.3, -0.25) is 9.55 Å². The molecule has 3 aromatic heterocycles. The lowest BCUT2D eigenvalue weighted by atomic mass is 10.2. The maximum atomic E-state index is 6.06. The molecule has 4 heterocycles. The van der Waals surface area contributed by atoms with Crippen molar-refractivity contribution in [2.24, 2.45) is 0 Å². The van der Waals surface area contributed by atoms with E-state index in [0.717, 1.165) is 42.9 Å². The van der Waals surface area contributed by atoms with Crippen molar-refractivity contribution in [1.29, 1.82) is 0 Å². The molecule has 0 saturated heterocycles. The van der Waals surface area contributed by atoms with E-state index in [9.17, 15) is 0 Å². The summed E-state index contributed by atoms with van der Waals surface area (Å²) >= 11 is 11.3. The number of fused-ring (bicyclic) bond motifs is 2. The maximum Gasteiger partial charge on any atom is 0.191 e. The highest BCUT2D eigenvalue weighted by atomic mass is 35.5. The second-order valence-corrected chi connectivity index (χ2v) is 9.51. The summed E-state index contributed by atoms with van der Waals surface area (Å²) in [7, 11) is 0. The Morgan fingerprint density at radius 2 is 2.23 bits per heavy atom. The molecule has 4 aromatic rings. The number of hydrogen-bond donors (Lipinski definition) is 0. The Morgan fingerprint density at radius 3 is 3.12 bits per heavy atom. The quantitative estimate of drug-likeness (QED) is 0.433. The molecule has 0 saturated carbocycles. The van der Waals surface area contributed by atoms with E-state index in [0.29, 0.717) is 6.04 Å². The van der Waals surface area contributed by atoms with Crippen LogP contribution in [0.1, 0.15) is 6.04 Å². The molecule has 1 unspecified atom stereocenters. The standard InChI is InChI=1S/C17H12ClN5S3/c18-11-3-4-14-13(6-11)20-17(26-14)25-9-12-8-24-16-22-21-15(23(12)16)10-2-1-5-19-7-10/h1-7,12H,8-9H2. The zero-order valence-corrected chi connectivity index (χ0v) is 16.6. The average molecular weight is 418 g/mol. The second-order valence-electron chi connectivity index (χ2n) is 5.79. The van der Waals surface area contributed by atoms with Crippen LogP contribution in [-0.2, 0) is 0 Å². The Kier molecular flexibility index (Phi) is 4.36. The molecule has 0 bridgehead atoms. The molecular weight excluding hydrogens is 406 g/mol. The van der Waals surface area contributed by atoms with Crippen molar-refractivity contribution in [3.63, 3.8) is 0 Å². The van der Waals surface area contributed by atoms with Crippen LogP contribution in [0, 0.1) is 0 Å². The van der Waals surface area contributed by atoms with Gasteiger partial charge in [-0.15, -0.1) is 21.5 Å². The number of rotatable bonds is 4. The summed E-state index contributed by atoms with van der Waals surface area (Å²) in [5.41, 5.74) is 1.96. The highest BCUT2D eigenvalue weighted by Crippen LogP contribution is 2.40. The molecule has 9 heteroatoms. The first-order valence-electron chi connectivity index (χ1n) is 7.95. The van der Waals surface area contributed by atoms with Crippen LogP contribution in [0.2, 0.25) is 5.02 Å². The zero-order chi connectivity index (χ0) is 17.5. The minimum Gasteiger partial charge on any atom is -0.297 e. The number of aromatic nitrogens is 5. The minimum atomic E-state index is 0.334. The summed E-state index contributed by atoms with van der Waals surface area (Å²) in [5.74, 6) is 2.82. The lowest BCUT2D eigenvalue weighted by Gasteiger charge is -2.13. The van der Waals surface area contributed by atoms with Gasteiger partial charge in [0.1, 0.15) is 0 Å². The van der Waals surface area contributed by atoms with Crippen LogP contribution in [0.3, 0.4) is 0 Å². The third-order valence-corrected chi connectivity index (χ3v) is 7.73. The molecule has 0 spiro atoms. The van der Waals surface area contributed by atoms with Crippen molar-refractivity contribution >= 4 is 56.7 Å². The summed E-state index contributed by atoms with van der Waals surface area (Å²) in [4.78, 5) is 8.90. The van der Waals surface area contributed by atoms with Gasteiger partial charge in [-0.1, -0.05) is 35.1 Å². The van der Waals surface area contributed by atoms with Crippen molar-refractivity contribution in [1.82, 2.24) is 24.7 Å². The minimum absolute atomic E-state index is 0.334. The van der Waals surface area contributed by atoms with Crippen molar-refractivity contribution in [3.05, 3.63) is 47.7 Å². The third kappa shape index (κ3) is 3.00. The zero-order valence-electron chi connectivity index (χ0n) is 13.4. The Balaban J connectivity index is 1.39. The first-order chi connectivity index (χ1) is 12.8. The SMILES string of the molecule is Clc1ccc2sc(SCC3CSc4nnc(-c5cccnc5)n43)nc2c1. The number of benzene rings is 1. The smallest absolute Gasteiger partial charge is 0.191 e. The number of nitrogens with zero attached hydrogens (tertiary/aromatic N) is 5. The molecule has 26 heavy (non-hydrogen) atoms. The third-order valence-electron chi connectivity index (χ3n) is 4.08. The monoisotopic (exact) mass is 417 g/mol. The van der Waals surface area contributed by atoms with E-state index in [2.05, 4.69) is 19.7 Å². The Bertz CT molecular complexity index is 1080. The Labute approximate surface area is 167 Å². The molecule has 0 radical (unpaired) electrons. The van der Waals surface area contributed by atoms with Gasteiger partial charge >= 0.3 is 0 Å². The molecule has 0 fully saturated rings. The van der Waals surface area contributed by atoms with Crippen LogP contribution in [0.15, 0.2) is 52.2 Å². The van der Waals surface area contributed by atoms with Crippen molar-refractivity contribution < 1.29 is 0 Å². The number of pyridine rings is 1. The molecule has 130 valence electrons. The van der Waals surface area contributed by atoms with E-state index in [1.807, 2.05) is 36.5 Å². The fraction of sp³-hybridized carbons (Fsp3) is 0.176. The van der Waals surface area contributed by atoms with Gasteiger partial charge in [0.2, 0.25) is 0 Å². The normalized spacial score (nSPS) is 16.3. The van der Waals surface area contributed by atoms with E-state index >= 15 is 0 Å². The number of hydrogen-bond acceptors (Lipinski definition) is 7. The number of thiazole rings is 1. The number of halogens is 1. The molecule has 0 amide bonds. The van der Waals surface area contributed by atoms with Crippen molar-refractivity contribution in [2.45, 2.75) is 15.5 Å². The summed E-state index contributed by atoms with van der Waals surface area (Å²) in [6.07, 6.45) is 3.61. The van der Waals surface area contributed by atoms with Crippen molar-refractivity contribution in [3.8, 4) is 11.4 Å². The molecular formula is C17H12ClN5S3. The van der Waals surface area contributed by atoms with Crippen LogP contribution < -0.4 is 0 Å². The predicted octanol–water partition coefficient (Wildman–Crippen LogP) is 5.04. The van der Waals surface area contributed by atoms with Gasteiger partial charge in [0, 0.05) is 34.5 Å². The Hall–Kier alpha value is -1.61. The van der Waals surface area contributed by atoms with Gasteiger partial charge in [0.25, 0.3) is 0 Å². The predicted molar refractivity (Wildman–Crippen MR) is 108 cm³/mol. The molecule has 1 aliphatic heterocycles. The van der Waals surface area contributed by atoms with Gasteiger partial charge in [-0.2, -0.15) is 0 Å². The lowest BCUT2D eigenvalue weighted by molar-refractivity contribution is 0.597. The topological polar surface area (TPSA) is 56.5 Å². The summed E-state index contributed by atoms with van der Waals surface area (Å²) in [5, 5.41) is 10.4. The van der Waals surface area contributed by atoms with Crippen molar-refractivity contribution in [2.75, 3.05) is 11.5 Å². The molecule has 0 N–H and O–H groups in total. The van der Waals surface area contributed by atoms with Crippen LogP contribution in [0.4, 0.5) is 0 Å². The first kappa shape index (κ1) is 16.6. The van der Waals surface area contributed by atoms with Crippen LogP contribution >= 0.6 is 46.5 Å². The second kappa shape index (κ2) is 6.84. The first-order valence-corrected chi connectivity index (χ1v) is 11.1. The van der Waals surface area contributed by atoms with E-state index in [1.165, 1.54) is 4.70 Å². The fourth-order valence-electron chi connectivity index (χ4n) is 2.87. The number of thioether (sulfide) groups is 2. The van der Waals surface area contributed by atoms with E-state index in [1.54, 1.807) is 41.1 Å². The Morgan fingerprint density at radius 1 is 1.27 bits per heavy atom. The lowest BCUT2D eigenvalue weighted by Crippen LogP contribution is -2.11. The van der Waals surface area contributed by atoms with Crippen LogP contribution in [0.5, 0.6) is 0 Å². The van der Waals surface area contributed by atoms with Gasteiger partial charge in [0.05, 0.1) is 16.3 Å². The van der Waals surface area contributed by atoms with E-state index < -0.39 is 0 Å². The highest BCUT2D eigenvalue weighted by molar-refractivity contribution is 8.01. The fourth-order valence-corrected chi connectivity index (χ4v) is 6.42. The van der Waals surface area contributed by atoms with E-state index in [4.69, 9.17) is 16.6 Å². The molecule has 1 atom stereocenters. The molecule has 5 rings (SSSR count). The van der Waals surface area contributed by atoms with Crippen LogP contribution in [-0.4, -0.2) is 36.2 Å². The largest absolute Gasteiger partial charge is 0.297 e. The van der Waals surface area contributed by atoms with Gasteiger partial charge in [-0.25, -0.2) is 4.98 Å². The average Bonchev–Trinajstić information content (AvgIpc) is 3.35. The van der Waals surface area contributed by atoms with Gasteiger partial charge < -0.3 is 0 Å². The molecule has 5 nitrogen and oxygen atoms in total. The highest BCUT2D eigenvalue weighted by Gasteiger charge is 2.28. The summed E-state index contributed by atoms with van der Waals surface area (Å²) in [6, 6.07) is 10.1. The summed E-state index contributed by atoms with van der Waals surface area (Å²) < 4.78 is 4.47. The summed E-state index contributed by atoms with van der Waals surface area (Å²) in [6.45, 7) is 0.